The van der Waals surface area contributed by atoms with Gasteiger partial charge in [-0.1, -0.05) is 36.4 Å². The van der Waals surface area contributed by atoms with Crippen LogP contribution in [0.2, 0.25) is 0 Å². The van der Waals surface area contributed by atoms with Crippen LogP contribution in [0.5, 0.6) is 5.75 Å². The third kappa shape index (κ3) is 3.18. The van der Waals surface area contributed by atoms with Crippen molar-refractivity contribution >= 4 is 22.9 Å². The summed E-state index contributed by atoms with van der Waals surface area (Å²) < 4.78 is 13.1. The number of benzene rings is 3. The Kier molecular flexibility index (Phi) is 4.01. The highest BCUT2D eigenvalue weighted by atomic mass is 19.1. The van der Waals surface area contributed by atoms with Crippen LogP contribution in [-0.2, 0) is 0 Å². The standard InChI is InChI=1S/C18H13FN2O2/c19-14-6-3-5-13(10-14)18(23)21-20-11-16-15-7-2-1-4-12(15)8-9-17(16)22/h1-11,22H,(H,21,23)/b20-11-. The van der Waals surface area contributed by atoms with Gasteiger partial charge in [-0.15, -0.1) is 0 Å². The van der Waals surface area contributed by atoms with Crippen LogP contribution in [0.4, 0.5) is 4.39 Å². The first-order valence-corrected chi connectivity index (χ1v) is 6.95. The molecule has 0 radical (unpaired) electrons. The summed E-state index contributed by atoms with van der Waals surface area (Å²) in [6.07, 6.45) is 1.37. The number of halogens is 1. The highest BCUT2D eigenvalue weighted by Gasteiger charge is 2.06. The lowest BCUT2D eigenvalue weighted by Crippen LogP contribution is -2.17. The molecule has 2 N–H and O–H groups in total. The average Bonchev–Trinajstić information content (AvgIpc) is 2.56. The lowest BCUT2D eigenvalue weighted by molar-refractivity contribution is 0.0954. The van der Waals surface area contributed by atoms with Gasteiger partial charge in [-0.05, 0) is 35.0 Å². The fourth-order valence-corrected chi connectivity index (χ4v) is 2.27. The number of carbonyl (C=O) groups excluding carboxylic acids is 1. The maximum absolute atomic E-state index is 13.1. The number of carbonyl (C=O) groups is 1. The summed E-state index contributed by atoms with van der Waals surface area (Å²) in [5.41, 5.74) is 2.99. The second-order valence-corrected chi connectivity index (χ2v) is 4.93. The molecule has 5 heteroatoms. The van der Waals surface area contributed by atoms with E-state index in [0.717, 1.165) is 16.8 Å². The minimum atomic E-state index is -0.527. The Bertz CT molecular complexity index is 906. The Morgan fingerprint density at radius 1 is 1.09 bits per heavy atom. The van der Waals surface area contributed by atoms with E-state index in [1.807, 2.05) is 24.3 Å². The predicted octanol–water partition coefficient (Wildman–Crippen LogP) is 3.45. The molecule has 0 aliphatic carbocycles. The molecule has 0 atom stereocenters. The van der Waals surface area contributed by atoms with Crippen LogP contribution in [-0.4, -0.2) is 17.2 Å². The smallest absolute Gasteiger partial charge is 0.271 e. The molecular weight excluding hydrogens is 295 g/mol. The van der Waals surface area contributed by atoms with Gasteiger partial charge >= 0.3 is 0 Å². The first-order chi connectivity index (χ1) is 11.1. The highest BCUT2D eigenvalue weighted by Crippen LogP contribution is 2.25. The number of hydrogen-bond acceptors (Lipinski definition) is 3. The number of amides is 1. The monoisotopic (exact) mass is 308 g/mol. The van der Waals surface area contributed by atoms with Gasteiger partial charge in [0.05, 0.1) is 6.21 Å². The topological polar surface area (TPSA) is 61.7 Å². The zero-order valence-corrected chi connectivity index (χ0v) is 12.0. The first-order valence-electron chi connectivity index (χ1n) is 6.95. The fourth-order valence-electron chi connectivity index (χ4n) is 2.27. The van der Waals surface area contributed by atoms with Crippen LogP contribution < -0.4 is 5.43 Å². The summed E-state index contributed by atoms with van der Waals surface area (Å²) in [6.45, 7) is 0. The number of hydrogen-bond donors (Lipinski definition) is 2. The number of hydrazone groups is 1. The second-order valence-electron chi connectivity index (χ2n) is 4.93. The number of nitrogens with one attached hydrogen (secondary N) is 1. The van der Waals surface area contributed by atoms with Crippen molar-refractivity contribution in [3.8, 4) is 5.75 Å². The highest BCUT2D eigenvalue weighted by molar-refractivity contribution is 6.03. The molecule has 0 saturated heterocycles. The molecular formula is C18H13FN2O2. The van der Waals surface area contributed by atoms with Crippen molar-refractivity contribution in [2.75, 3.05) is 0 Å². The van der Waals surface area contributed by atoms with Gasteiger partial charge in [0.15, 0.2) is 0 Å². The zero-order chi connectivity index (χ0) is 16.2. The Morgan fingerprint density at radius 2 is 1.91 bits per heavy atom. The van der Waals surface area contributed by atoms with Crippen molar-refractivity contribution in [2.45, 2.75) is 0 Å². The molecule has 1 amide bonds. The molecule has 3 aromatic rings. The molecule has 0 bridgehead atoms. The van der Waals surface area contributed by atoms with E-state index in [2.05, 4.69) is 10.5 Å². The van der Waals surface area contributed by atoms with Gasteiger partial charge in [-0.25, -0.2) is 9.82 Å². The van der Waals surface area contributed by atoms with Gasteiger partial charge < -0.3 is 5.11 Å². The largest absolute Gasteiger partial charge is 0.507 e. The Hall–Kier alpha value is -3.21. The summed E-state index contributed by atoms with van der Waals surface area (Å²) >= 11 is 0. The third-order valence-electron chi connectivity index (χ3n) is 3.39. The van der Waals surface area contributed by atoms with Gasteiger partial charge in [-0.3, -0.25) is 4.79 Å². The molecule has 0 fully saturated rings. The number of rotatable bonds is 3. The maximum Gasteiger partial charge on any atom is 0.271 e. The summed E-state index contributed by atoms with van der Waals surface area (Å²) in [7, 11) is 0. The van der Waals surface area contributed by atoms with Crippen molar-refractivity contribution in [1.29, 1.82) is 0 Å². The van der Waals surface area contributed by atoms with E-state index >= 15 is 0 Å². The number of nitrogens with zero attached hydrogens (tertiary/aromatic N) is 1. The number of aromatic hydroxyl groups is 1. The van der Waals surface area contributed by atoms with Crippen LogP contribution in [0.15, 0.2) is 65.8 Å². The van der Waals surface area contributed by atoms with Crippen molar-refractivity contribution in [2.24, 2.45) is 5.10 Å². The van der Waals surface area contributed by atoms with Gasteiger partial charge in [0, 0.05) is 11.1 Å². The van der Waals surface area contributed by atoms with Crippen molar-refractivity contribution < 1.29 is 14.3 Å². The average molecular weight is 308 g/mol. The maximum atomic E-state index is 13.1. The summed E-state index contributed by atoms with van der Waals surface area (Å²) in [4.78, 5) is 11.9. The van der Waals surface area contributed by atoms with Crippen molar-refractivity contribution in [3.05, 3.63) is 77.6 Å². The van der Waals surface area contributed by atoms with E-state index in [0.29, 0.717) is 5.56 Å². The van der Waals surface area contributed by atoms with Crippen LogP contribution in [0.1, 0.15) is 15.9 Å². The molecule has 0 saturated carbocycles. The molecule has 0 heterocycles. The van der Waals surface area contributed by atoms with E-state index < -0.39 is 11.7 Å². The Balaban J connectivity index is 1.84. The van der Waals surface area contributed by atoms with E-state index in [9.17, 15) is 14.3 Å². The molecule has 0 unspecified atom stereocenters. The zero-order valence-electron chi connectivity index (χ0n) is 12.0. The summed E-state index contributed by atoms with van der Waals surface area (Å²) in [6, 6.07) is 16.2. The van der Waals surface area contributed by atoms with E-state index in [4.69, 9.17) is 0 Å². The third-order valence-corrected chi connectivity index (χ3v) is 3.39. The molecule has 114 valence electrons. The van der Waals surface area contributed by atoms with Crippen LogP contribution in [0.3, 0.4) is 0 Å². The van der Waals surface area contributed by atoms with E-state index in [-0.39, 0.29) is 11.3 Å². The van der Waals surface area contributed by atoms with Gasteiger partial charge in [-0.2, -0.15) is 5.10 Å². The van der Waals surface area contributed by atoms with Crippen molar-refractivity contribution in [3.63, 3.8) is 0 Å². The quantitative estimate of drug-likeness (QED) is 0.575. The molecule has 0 aliphatic rings. The normalized spacial score (nSPS) is 11.0. The molecule has 3 rings (SSSR count). The molecule has 3 aromatic carbocycles. The first kappa shape index (κ1) is 14.7. The number of phenolic OH excluding ortho intramolecular Hbond substituents is 1. The number of fused-ring (bicyclic) bond motifs is 1. The molecule has 0 aromatic heterocycles. The minimum absolute atomic E-state index is 0.0625. The Morgan fingerprint density at radius 3 is 2.74 bits per heavy atom. The van der Waals surface area contributed by atoms with Crippen LogP contribution >= 0.6 is 0 Å². The SMILES string of the molecule is O=C(N/N=C\c1c(O)ccc2ccccc12)c1cccc(F)c1. The molecule has 0 spiro atoms. The van der Waals surface area contributed by atoms with Gasteiger partial charge in [0.1, 0.15) is 11.6 Å². The number of phenols is 1. The summed E-state index contributed by atoms with van der Waals surface area (Å²) in [5.74, 6) is -0.957. The summed E-state index contributed by atoms with van der Waals surface area (Å²) in [5, 5.41) is 15.6. The van der Waals surface area contributed by atoms with Gasteiger partial charge in [0.2, 0.25) is 0 Å². The molecule has 23 heavy (non-hydrogen) atoms. The van der Waals surface area contributed by atoms with Crippen molar-refractivity contribution in [1.82, 2.24) is 5.43 Å². The van der Waals surface area contributed by atoms with Gasteiger partial charge in [0.25, 0.3) is 5.91 Å². The molecule has 4 nitrogen and oxygen atoms in total. The molecule has 0 aliphatic heterocycles. The lowest BCUT2D eigenvalue weighted by Gasteiger charge is -2.05. The van der Waals surface area contributed by atoms with E-state index in [1.165, 1.54) is 24.4 Å². The Labute approximate surface area is 131 Å². The van der Waals surface area contributed by atoms with E-state index in [1.54, 1.807) is 12.1 Å². The van der Waals surface area contributed by atoms with Crippen LogP contribution in [0, 0.1) is 5.82 Å². The predicted molar refractivity (Wildman–Crippen MR) is 87.1 cm³/mol. The lowest BCUT2D eigenvalue weighted by atomic mass is 10.0. The van der Waals surface area contributed by atoms with Crippen LogP contribution in [0.25, 0.3) is 10.8 Å². The second kappa shape index (κ2) is 6.27. The fraction of sp³-hybridized carbons (Fsp3) is 0. The minimum Gasteiger partial charge on any atom is -0.507 e.